The van der Waals surface area contributed by atoms with Crippen LogP contribution in [0.15, 0.2) is 59.1 Å². The molecule has 0 saturated heterocycles. The van der Waals surface area contributed by atoms with Gasteiger partial charge in [0.2, 0.25) is 5.89 Å². The summed E-state index contributed by atoms with van der Waals surface area (Å²) in [6, 6.07) is 15.8. The van der Waals surface area contributed by atoms with E-state index < -0.39 is 17.8 Å². The summed E-state index contributed by atoms with van der Waals surface area (Å²) in [5.74, 6) is -1.75. The van der Waals surface area contributed by atoms with Crippen molar-refractivity contribution >= 4 is 17.8 Å². The Morgan fingerprint density at radius 1 is 0.963 bits per heavy atom. The Morgan fingerprint density at radius 2 is 1.59 bits per heavy atom. The molecule has 0 bridgehead atoms. The van der Waals surface area contributed by atoms with Gasteiger partial charge >= 0.3 is 5.97 Å². The van der Waals surface area contributed by atoms with E-state index in [2.05, 4.69) is 10.1 Å². The van der Waals surface area contributed by atoms with E-state index in [9.17, 15) is 14.4 Å². The first-order chi connectivity index (χ1) is 13.1. The zero-order valence-electron chi connectivity index (χ0n) is 14.0. The molecule has 1 aromatic heterocycles. The van der Waals surface area contributed by atoms with Crippen LogP contribution in [0.1, 0.15) is 38.0 Å². The number of hydroxylamine groups is 2. The summed E-state index contributed by atoms with van der Waals surface area (Å²) in [5, 5.41) is 4.27. The lowest BCUT2D eigenvalue weighted by atomic mass is 10.1. The van der Waals surface area contributed by atoms with Crippen molar-refractivity contribution in [3.05, 3.63) is 83.0 Å². The maximum Gasteiger partial charge on any atom is 0.342 e. The van der Waals surface area contributed by atoms with Crippen LogP contribution in [0.3, 0.4) is 0 Å². The minimum Gasteiger partial charge on any atom is -0.339 e. The van der Waals surface area contributed by atoms with E-state index in [1.807, 2.05) is 30.3 Å². The third-order valence-electron chi connectivity index (χ3n) is 3.96. The van der Waals surface area contributed by atoms with Crippen molar-refractivity contribution in [1.82, 2.24) is 15.2 Å². The largest absolute Gasteiger partial charge is 0.342 e. The Labute approximate surface area is 153 Å². The Hall–Kier alpha value is -3.81. The molecule has 3 aromatic rings. The zero-order valence-corrected chi connectivity index (χ0v) is 14.0. The molecule has 0 N–H and O–H groups in total. The fourth-order valence-corrected chi connectivity index (χ4v) is 2.72. The Balaban J connectivity index is 1.39. The van der Waals surface area contributed by atoms with Gasteiger partial charge in [-0.15, -0.1) is 0 Å². The molecule has 8 nitrogen and oxygen atoms in total. The minimum absolute atomic E-state index is 0.0440. The number of imide groups is 1. The van der Waals surface area contributed by atoms with Crippen LogP contribution in [0, 0.1) is 0 Å². The third-order valence-corrected chi connectivity index (χ3v) is 3.96. The fourth-order valence-electron chi connectivity index (χ4n) is 2.72. The highest BCUT2D eigenvalue weighted by Crippen LogP contribution is 2.22. The van der Waals surface area contributed by atoms with Gasteiger partial charge in [0.1, 0.15) is 6.42 Å². The van der Waals surface area contributed by atoms with Crippen LogP contribution in [0.4, 0.5) is 0 Å². The smallest absolute Gasteiger partial charge is 0.339 e. The molecule has 27 heavy (non-hydrogen) atoms. The van der Waals surface area contributed by atoms with Crippen molar-refractivity contribution in [2.24, 2.45) is 0 Å². The molecule has 8 heteroatoms. The standard InChI is InChI=1S/C19H13N3O5/c23-17(27-22-18(24)13-8-4-5-9-14(13)19(22)25)11-16-20-15(21-26-16)10-12-6-2-1-3-7-12/h1-9H,10-11H2. The summed E-state index contributed by atoms with van der Waals surface area (Å²) in [6.07, 6.45) is 0.104. The second-order valence-electron chi connectivity index (χ2n) is 5.86. The predicted octanol–water partition coefficient (Wildman–Crippen LogP) is 1.96. The van der Waals surface area contributed by atoms with Crippen LogP contribution in [-0.2, 0) is 22.5 Å². The molecule has 134 valence electrons. The van der Waals surface area contributed by atoms with E-state index in [-0.39, 0.29) is 23.4 Å². The van der Waals surface area contributed by atoms with Gasteiger partial charge in [-0.05, 0) is 17.7 Å². The summed E-state index contributed by atoms with van der Waals surface area (Å²) in [6.45, 7) is 0. The second-order valence-corrected chi connectivity index (χ2v) is 5.86. The average molecular weight is 363 g/mol. The number of nitrogens with zero attached hydrogens (tertiary/aromatic N) is 3. The lowest BCUT2D eigenvalue weighted by molar-refractivity contribution is -0.168. The Bertz CT molecular complexity index is 994. The van der Waals surface area contributed by atoms with Gasteiger partial charge in [-0.1, -0.05) is 52.7 Å². The van der Waals surface area contributed by atoms with Crippen LogP contribution in [-0.4, -0.2) is 33.0 Å². The van der Waals surface area contributed by atoms with Crippen molar-refractivity contribution in [3.63, 3.8) is 0 Å². The van der Waals surface area contributed by atoms with Gasteiger partial charge in [0.05, 0.1) is 11.1 Å². The van der Waals surface area contributed by atoms with Crippen molar-refractivity contribution in [3.8, 4) is 0 Å². The molecule has 0 radical (unpaired) electrons. The van der Waals surface area contributed by atoms with Crippen LogP contribution >= 0.6 is 0 Å². The highest BCUT2D eigenvalue weighted by atomic mass is 16.7. The van der Waals surface area contributed by atoms with E-state index in [1.54, 1.807) is 12.1 Å². The Kier molecular flexibility index (Phi) is 4.21. The number of aromatic nitrogens is 2. The van der Waals surface area contributed by atoms with Gasteiger partial charge in [-0.3, -0.25) is 9.59 Å². The first kappa shape index (κ1) is 16.6. The van der Waals surface area contributed by atoms with E-state index in [4.69, 9.17) is 9.36 Å². The molecule has 0 saturated carbocycles. The number of amides is 2. The average Bonchev–Trinajstić information content (AvgIpc) is 3.21. The number of carbonyl (C=O) groups is 3. The quantitative estimate of drug-likeness (QED) is 0.638. The van der Waals surface area contributed by atoms with Crippen LogP contribution in [0.25, 0.3) is 0 Å². The molecular weight excluding hydrogens is 350 g/mol. The molecule has 0 unspecified atom stereocenters. The third kappa shape index (κ3) is 3.32. The molecule has 0 aliphatic carbocycles. The number of carbonyl (C=O) groups excluding carboxylic acids is 3. The molecule has 1 aliphatic heterocycles. The number of benzene rings is 2. The molecule has 2 heterocycles. The molecule has 0 atom stereocenters. The predicted molar refractivity (Wildman–Crippen MR) is 90.3 cm³/mol. The lowest BCUT2D eigenvalue weighted by Gasteiger charge is -2.11. The number of hydrogen-bond acceptors (Lipinski definition) is 7. The van der Waals surface area contributed by atoms with Crippen LogP contribution < -0.4 is 0 Å². The van der Waals surface area contributed by atoms with Crippen molar-refractivity contribution in [2.45, 2.75) is 12.8 Å². The zero-order chi connectivity index (χ0) is 18.8. The first-order valence-electron chi connectivity index (χ1n) is 8.16. The molecular formula is C19H13N3O5. The lowest BCUT2D eigenvalue weighted by Crippen LogP contribution is -2.33. The number of rotatable bonds is 5. The highest BCUT2D eigenvalue weighted by Gasteiger charge is 2.38. The SMILES string of the molecule is O=C(Cc1nc(Cc2ccccc2)no1)ON1C(=O)c2ccccc2C1=O. The van der Waals surface area contributed by atoms with Gasteiger partial charge < -0.3 is 9.36 Å². The van der Waals surface area contributed by atoms with Crippen molar-refractivity contribution < 1.29 is 23.7 Å². The van der Waals surface area contributed by atoms with Crippen LogP contribution in [0.5, 0.6) is 0 Å². The molecule has 4 rings (SSSR count). The highest BCUT2D eigenvalue weighted by molar-refractivity contribution is 6.20. The topological polar surface area (TPSA) is 103 Å². The molecule has 0 fully saturated rings. The van der Waals surface area contributed by atoms with Gasteiger partial charge in [0.15, 0.2) is 5.82 Å². The second kappa shape index (κ2) is 6.83. The van der Waals surface area contributed by atoms with E-state index in [0.717, 1.165) is 5.56 Å². The normalized spacial score (nSPS) is 13.0. The first-order valence-corrected chi connectivity index (χ1v) is 8.16. The summed E-state index contributed by atoms with van der Waals surface area (Å²) in [7, 11) is 0. The summed E-state index contributed by atoms with van der Waals surface area (Å²) in [4.78, 5) is 45.5. The maximum absolute atomic E-state index is 12.2. The van der Waals surface area contributed by atoms with E-state index in [1.165, 1.54) is 12.1 Å². The summed E-state index contributed by atoms with van der Waals surface area (Å²) >= 11 is 0. The van der Waals surface area contributed by atoms with Crippen molar-refractivity contribution in [1.29, 1.82) is 0 Å². The summed E-state index contributed by atoms with van der Waals surface area (Å²) < 4.78 is 5.04. The van der Waals surface area contributed by atoms with Crippen molar-refractivity contribution in [2.75, 3.05) is 0 Å². The monoisotopic (exact) mass is 363 g/mol. The molecule has 0 spiro atoms. The van der Waals surface area contributed by atoms with Gasteiger partial charge in [-0.25, -0.2) is 4.79 Å². The maximum atomic E-state index is 12.2. The fraction of sp³-hybridized carbons (Fsp3) is 0.105. The van der Waals surface area contributed by atoms with Gasteiger partial charge in [0, 0.05) is 6.42 Å². The number of fused-ring (bicyclic) bond motifs is 1. The van der Waals surface area contributed by atoms with E-state index in [0.29, 0.717) is 17.3 Å². The molecule has 1 aliphatic rings. The van der Waals surface area contributed by atoms with Gasteiger partial charge in [-0.2, -0.15) is 4.98 Å². The van der Waals surface area contributed by atoms with E-state index >= 15 is 0 Å². The minimum atomic E-state index is -0.848. The van der Waals surface area contributed by atoms with Gasteiger partial charge in [0.25, 0.3) is 11.8 Å². The summed E-state index contributed by atoms with van der Waals surface area (Å²) in [5.41, 5.74) is 1.38. The van der Waals surface area contributed by atoms with Crippen LogP contribution in [0.2, 0.25) is 0 Å². The molecule has 2 amide bonds. The number of hydrogen-bond donors (Lipinski definition) is 0. The Morgan fingerprint density at radius 3 is 2.26 bits per heavy atom. The molecule has 2 aromatic carbocycles.